The first kappa shape index (κ1) is 14.0. The van der Waals surface area contributed by atoms with Crippen LogP contribution in [-0.2, 0) is 0 Å². The zero-order chi connectivity index (χ0) is 12.1. The molecule has 1 unspecified atom stereocenters. The summed E-state index contributed by atoms with van der Waals surface area (Å²) < 4.78 is 0. The summed E-state index contributed by atoms with van der Waals surface area (Å²) in [6.07, 6.45) is 3.99. The molecule has 1 fully saturated rings. The molecule has 0 bridgehead atoms. The van der Waals surface area contributed by atoms with Crippen molar-refractivity contribution in [1.29, 1.82) is 0 Å². The summed E-state index contributed by atoms with van der Waals surface area (Å²) in [7, 11) is 2.30. The molecule has 1 aliphatic rings. The summed E-state index contributed by atoms with van der Waals surface area (Å²) in [5.74, 6) is 0.789. The Morgan fingerprint density at radius 1 is 1.19 bits per heavy atom. The second-order valence-electron chi connectivity index (χ2n) is 5.86. The predicted octanol–water partition coefficient (Wildman–Crippen LogP) is 2.84. The molecule has 2 heteroatoms. The fourth-order valence-corrected chi connectivity index (χ4v) is 2.75. The minimum atomic E-state index is 0.774. The highest BCUT2D eigenvalue weighted by molar-refractivity contribution is 4.80. The maximum atomic E-state index is 2.65. The maximum Gasteiger partial charge on any atom is 0.0117 e. The largest absolute Gasteiger partial charge is 0.303 e. The normalized spacial score (nSPS) is 21.9. The maximum absolute atomic E-state index is 2.65. The van der Waals surface area contributed by atoms with E-state index in [2.05, 4.69) is 44.5 Å². The first-order chi connectivity index (χ1) is 7.54. The van der Waals surface area contributed by atoms with Crippen LogP contribution in [0.4, 0.5) is 0 Å². The summed E-state index contributed by atoms with van der Waals surface area (Å²) in [6.45, 7) is 13.1. The van der Waals surface area contributed by atoms with Gasteiger partial charge in [-0.2, -0.15) is 0 Å². The van der Waals surface area contributed by atoms with Crippen LogP contribution < -0.4 is 0 Å². The predicted molar refractivity (Wildman–Crippen MR) is 71.8 cm³/mol. The van der Waals surface area contributed by atoms with E-state index in [1.165, 1.54) is 38.9 Å². The van der Waals surface area contributed by atoms with Crippen molar-refractivity contribution in [2.24, 2.45) is 5.92 Å². The second-order valence-corrected chi connectivity index (χ2v) is 5.86. The number of hydrogen-bond acceptors (Lipinski definition) is 2. The molecule has 96 valence electrons. The average Bonchev–Trinajstić information content (AvgIpc) is 2.27. The zero-order valence-corrected chi connectivity index (χ0v) is 11.9. The Morgan fingerprint density at radius 2 is 1.75 bits per heavy atom. The minimum Gasteiger partial charge on any atom is -0.303 e. The van der Waals surface area contributed by atoms with E-state index >= 15 is 0 Å². The molecule has 0 saturated carbocycles. The lowest BCUT2D eigenvalue weighted by Crippen LogP contribution is -2.46. The highest BCUT2D eigenvalue weighted by Crippen LogP contribution is 2.18. The van der Waals surface area contributed by atoms with Gasteiger partial charge in [0, 0.05) is 18.6 Å². The Labute approximate surface area is 102 Å². The molecule has 1 atom stereocenters. The van der Waals surface area contributed by atoms with Crippen molar-refractivity contribution >= 4 is 0 Å². The molecule has 0 aliphatic carbocycles. The quantitative estimate of drug-likeness (QED) is 0.711. The van der Waals surface area contributed by atoms with Crippen LogP contribution in [0.1, 0.15) is 47.0 Å². The van der Waals surface area contributed by atoms with Crippen molar-refractivity contribution in [1.82, 2.24) is 9.80 Å². The molecule has 0 N–H and O–H groups in total. The van der Waals surface area contributed by atoms with Crippen LogP contribution in [0.2, 0.25) is 0 Å². The van der Waals surface area contributed by atoms with E-state index in [1.807, 2.05) is 0 Å². The van der Waals surface area contributed by atoms with Crippen LogP contribution >= 0.6 is 0 Å². The molecule has 1 rings (SSSR count). The van der Waals surface area contributed by atoms with Gasteiger partial charge in [-0.1, -0.05) is 20.8 Å². The van der Waals surface area contributed by atoms with Gasteiger partial charge in [-0.05, 0) is 52.2 Å². The Bertz CT molecular complexity index is 183. The summed E-state index contributed by atoms with van der Waals surface area (Å²) in [5, 5.41) is 0. The summed E-state index contributed by atoms with van der Waals surface area (Å²) in [4.78, 5) is 5.22. The molecule has 0 aromatic rings. The van der Waals surface area contributed by atoms with Crippen LogP contribution in [0.25, 0.3) is 0 Å². The number of piperidine rings is 1. The van der Waals surface area contributed by atoms with E-state index in [-0.39, 0.29) is 0 Å². The van der Waals surface area contributed by atoms with E-state index in [1.54, 1.807) is 0 Å². The molecule has 0 aromatic carbocycles. The van der Waals surface area contributed by atoms with Crippen LogP contribution in [0.3, 0.4) is 0 Å². The number of rotatable bonds is 5. The minimum absolute atomic E-state index is 0.774. The number of hydrogen-bond donors (Lipinski definition) is 0. The standard InChI is InChI=1S/C14H30N2/c1-6-13(4)16-9-7-14(8-10-16)15(5)11-12(2)3/h12-14H,6-11H2,1-5H3. The van der Waals surface area contributed by atoms with Gasteiger partial charge in [0.1, 0.15) is 0 Å². The van der Waals surface area contributed by atoms with Gasteiger partial charge in [0.2, 0.25) is 0 Å². The lowest BCUT2D eigenvalue weighted by molar-refractivity contribution is 0.0951. The topological polar surface area (TPSA) is 6.48 Å². The molecule has 0 aromatic heterocycles. The Balaban J connectivity index is 2.31. The Kier molecular flexibility index (Phi) is 5.77. The number of likely N-dealkylation sites (tertiary alicyclic amines) is 1. The molecule has 0 radical (unpaired) electrons. The molecule has 0 amide bonds. The Hall–Kier alpha value is -0.0800. The van der Waals surface area contributed by atoms with E-state index in [4.69, 9.17) is 0 Å². The Morgan fingerprint density at radius 3 is 2.19 bits per heavy atom. The third-order valence-electron chi connectivity index (χ3n) is 3.99. The molecule has 1 heterocycles. The highest BCUT2D eigenvalue weighted by Gasteiger charge is 2.24. The van der Waals surface area contributed by atoms with Crippen LogP contribution in [-0.4, -0.2) is 48.6 Å². The summed E-state index contributed by atoms with van der Waals surface area (Å²) in [6, 6.07) is 1.60. The first-order valence-corrected chi connectivity index (χ1v) is 6.98. The third-order valence-corrected chi connectivity index (χ3v) is 3.99. The van der Waals surface area contributed by atoms with E-state index < -0.39 is 0 Å². The molecule has 16 heavy (non-hydrogen) atoms. The summed E-state index contributed by atoms with van der Waals surface area (Å²) in [5.41, 5.74) is 0. The number of nitrogens with zero attached hydrogens (tertiary/aromatic N) is 2. The fraction of sp³-hybridized carbons (Fsp3) is 1.00. The SMILES string of the molecule is CCC(C)N1CCC(N(C)CC(C)C)CC1. The molecule has 1 saturated heterocycles. The van der Waals surface area contributed by atoms with Crippen molar-refractivity contribution in [3.05, 3.63) is 0 Å². The highest BCUT2D eigenvalue weighted by atomic mass is 15.2. The van der Waals surface area contributed by atoms with Gasteiger partial charge in [0.15, 0.2) is 0 Å². The van der Waals surface area contributed by atoms with Gasteiger partial charge in [0.05, 0.1) is 0 Å². The lowest BCUT2D eigenvalue weighted by atomic mass is 10.0. The van der Waals surface area contributed by atoms with Gasteiger partial charge in [-0.3, -0.25) is 0 Å². The second kappa shape index (κ2) is 6.61. The van der Waals surface area contributed by atoms with Crippen LogP contribution in [0, 0.1) is 5.92 Å². The third kappa shape index (κ3) is 4.06. The zero-order valence-electron chi connectivity index (χ0n) is 11.9. The van der Waals surface area contributed by atoms with Gasteiger partial charge >= 0.3 is 0 Å². The van der Waals surface area contributed by atoms with Crippen molar-refractivity contribution in [2.75, 3.05) is 26.7 Å². The van der Waals surface area contributed by atoms with E-state index in [9.17, 15) is 0 Å². The monoisotopic (exact) mass is 226 g/mol. The van der Waals surface area contributed by atoms with Crippen molar-refractivity contribution < 1.29 is 0 Å². The van der Waals surface area contributed by atoms with Gasteiger partial charge < -0.3 is 9.80 Å². The van der Waals surface area contributed by atoms with Crippen molar-refractivity contribution in [3.8, 4) is 0 Å². The molecule has 1 aliphatic heterocycles. The molecular formula is C14H30N2. The lowest BCUT2D eigenvalue weighted by Gasteiger charge is -2.39. The first-order valence-electron chi connectivity index (χ1n) is 6.98. The van der Waals surface area contributed by atoms with E-state index in [0.717, 1.165) is 18.0 Å². The average molecular weight is 226 g/mol. The van der Waals surface area contributed by atoms with Gasteiger partial charge in [-0.15, -0.1) is 0 Å². The van der Waals surface area contributed by atoms with Crippen molar-refractivity contribution in [2.45, 2.75) is 59.0 Å². The van der Waals surface area contributed by atoms with Crippen LogP contribution in [0.15, 0.2) is 0 Å². The van der Waals surface area contributed by atoms with E-state index in [0.29, 0.717) is 0 Å². The summed E-state index contributed by atoms with van der Waals surface area (Å²) >= 11 is 0. The van der Waals surface area contributed by atoms with Gasteiger partial charge in [0.25, 0.3) is 0 Å². The van der Waals surface area contributed by atoms with Gasteiger partial charge in [-0.25, -0.2) is 0 Å². The molecule has 2 nitrogen and oxygen atoms in total. The molecular weight excluding hydrogens is 196 g/mol. The van der Waals surface area contributed by atoms with Crippen LogP contribution in [0.5, 0.6) is 0 Å². The smallest absolute Gasteiger partial charge is 0.0117 e. The fourth-order valence-electron chi connectivity index (χ4n) is 2.75. The van der Waals surface area contributed by atoms with Crippen molar-refractivity contribution in [3.63, 3.8) is 0 Å². The molecule has 0 spiro atoms.